The lowest BCUT2D eigenvalue weighted by molar-refractivity contribution is 0.291. The van der Waals surface area contributed by atoms with Crippen LogP contribution in [0, 0.1) is 11.6 Å². The Hall–Kier alpha value is -1.35. The van der Waals surface area contributed by atoms with Crippen molar-refractivity contribution in [3.63, 3.8) is 0 Å². The molecule has 0 aliphatic rings. The van der Waals surface area contributed by atoms with Gasteiger partial charge >= 0.3 is 0 Å². The minimum Gasteiger partial charge on any atom is -0.301 e. The molecule has 0 aliphatic carbocycles. The van der Waals surface area contributed by atoms with Crippen molar-refractivity contribution in [1.29, 1.82) is 0 Å². The van der Waals surface area contributed by atoms with Crippen LogP contribution in [0.2, 0.25) is 0 Å². The number of nitrogens with zero attached hydrogens (tertiary/aromatic N) is 1. The second kappa shape index (κ2) is 7.69. The highest BCUT2D eigenvalue weighted by molar-refractivity contribution is 9.10. The Balaban J connectivity index is 2.21. The number of nitrogens with one attached hydrogen (secondary N) is 1. The third-order valence-corrected chi connectivity index (χ3v) is 5.50. The van der Waals surface area contributed by atoms with Gasteiger partial charge in [0.15, 0.2) is 0 Å². The molecule has 0 heterocycles. The molecule has 2 aromatic carbocycles. The van der Waals surface area contributed by atoms with Crippen molar-refractivity contribution in [3.05, 3.63) is 64.1 Å². The van der Waals surface area contributed by atoms with Gasteiger partial charge in [0.1, 0.15) is 11.6 Å². The lowest BCUT2D eigenvalue weighted by Crippen LogP contribution is -2.35. The third-order valence-electron chi connectivity index (χ3n) is 3.54. The first-order valence-corrected chi connectivity index (χ1v) is 9.35. The molecule has 0 fully saturated rings. The fourth-order valence-corrected chi connectivity index (χ4v) is 3.53. The number of sulfonamides is 1. The predicted molar refractivity (Wildman–Crippen MR) is 92.1 cm³/mol. The quantitative estimate of drug-likeness (QED) is 0.782. The Morgan fingerprint density at radius 2 is 1.75 bits per heavy atom. The number of hydrogen-bond donors (Lipinski definition) is 1. The van der Waals surface area contributed by atoms with Gasteiger partial charge in [0.2, 0.25) is 10.0 Å². The number of rotatable bonds is 6. The minimum atomic E-state index is -3.73. The van der Waals surface area contributed by atoms with E-state index in [1.54, 1.807) is 31.1 Å². The summed E-state index contributed by atoms with van der Waals surface area (Å²) in [6.07, 6.45) is 0. The van der Waals surface area contributed by atoms with Gasteiger partial charge < -0.3 is 4.90 Å². The van der Waals surface area contributed by atoms with E-state index in [0.29, 0.717) is 0 Å². The summed E-state index contributed by atoms with van der Waals surface area (Å²) in [6.45, 7) is -0.0477. The van der Waals surface area contributed by atoms with E-state index in [-0.39, 0.29) is 17.0 Å². The molecule has 2 aromatic rings. The molecule has 1 N–H and O–H groups in total. The van der Waals surface area contributed by atoms with E-state index < -0.39 is 27.7 Å². The normalized spacial score (nSPS) is 13.2. The molecule has 0 spiro atoms. The van der Waals surface area contributed by atoms with Crippen LogP contribution >= 0.6 is 15.9 Å². The fourth-order valence-electron chi connectivity index (χ4n) is 2.23. The standard InChI is InChI=1S/C16H17BrF2N2O2S/c1-21(2)16(14-8-5-12(18)9-15(14)19)10-20-24(22,23)13-6-3-11(17)4-7-13/h3-9,16,20H,10H2,1-2H3/t16-/m1/s1. The Morgan fingerprint density at radius 1 is 1.12 bits per heavy atom. The van der Waals surface area contributed by atoms with E-state index in [9.17, 15) is 17.2 Å². The van der Waals surface area contributed by atoms with Gasteiger partial charge in [-0.3, -0.25) is 0 Å². The molecule has 0 bridgehead atoms. The van der Waals surface area contributed by atoms with Crippen molar-refractivity contribution >= 4 is 26.0 Å². The van der Waals surface area contributed by atoms with Crippen LogP contribution in [-0.2, 0) is 10.0 Å². The molecule has 0 amide bonds. The smallest absolute Gasteiger partial charge is 0.240 e. The molecular weight excluding hydrogens is 402 g/mol. The van der Waals surface area contributed by atoms with Crippen molar-refractivity contribution in [1.82, 2.24) is 9.62 Å². The maximum Gasteiger partial charge on any atom is 0.240 e. The van der Waals surface area contributed by atoms with E-state index in [1.807, 2.05) is 0 Å². The van der Waals surface area contributed by atoms with Gasteiger partial charge in [0.25, 0.3) is 0 Å². The average Bonchev–Trinajstić information content (AvgIpc) is 2.49. The third kappa shape index (κ3) is 4.60. The van der Waals surface area contributed by atoms with E-state index in [2.05, 4.69) is 20.7 Å². The van der Waals surface area contributed by atoms with E-state index in [0.717, 1.165) is 16.6 Å². The summed E-state index contributed by atoms with van der Waals surface area (Å²) in [4.78, 5) is 1.78. The van der Waals surface area contributed by atoms with Crippen LogP contribution < -0.4 is 4.72 Å². The van der Waals surface area contributed by atoms with Crippen molar-refractivity contribution in [2.24, 2.45) is 0 Å². The molecule has 0 unspecified atom stereocenters. The molecule has 24 heavy (non-hydrogen) atoms. The van der Waals surface area contributed by atoms with Crippen LogP contribution in [-0.4, -0.2) is 34.0 Å². The van der Waals surface area contributed by atoms with Crippen LogP contribution in [0.4, 0.5) is 8.78 Å². The molecule has 0 saturated carbocycles. The zero-order valence-corrected chi connectivity index (χ0v) is 15.5. The van der Waals surface area contributed by atoms with Gasteiger partial charge in [-0.25, -0.2) is 21.9 Å². The first-order valence-electron chi connectivity index (χ1n) is 7.07. The largest absolute Gasteiger partial charge is 0.301 e. The van der Waals surface area contributed by atoms with Gasteiger partial charge in [0, 0.05) is 22.6 Å². The van der Waals surface area contributed by atoms with Crippen LogP contribution in [0.3, 0.4) is 0 Å². The van der Waals surface area contributed by atoms with Gasteiger partial charge in [-0.2, -0.15) is 0 Å². The highest BCUT2D eigenvalue weighted by Crippen LogP contribution is 2.22. The van der Waals surface area contributed by atoms with Crippen molar-refractivity contribution in [2.75, 3.05) is 20.6 Å². The summed E-state index contributed by atoms with van der Waals surface area (Å²) in [5, 5.41) is 0. The molecule has 2 rings (SSSR count). The molecule has 0 saturated heterocycles. The zero-order chi connectivity index (χ0) is 17.9. The second-order valence-electron chi connectivity index (χ2n) is 5.45. The molecule has 1 atom stereocenters. The Kier molecular flexibility index (Phi) is 6.08. The van der Waals surface area contributed by atoms with Gasteiger partial charge in [-0.05, 0) is 44.4 Å². The predicted octanol–water partition coefficient (Wildman–Crippen LogP) is 3.31. The lowest BCUT2D eigenvalue weighted by atomic mass is 10.1. The Bertz CT molecular complexity index is 811. The SMILES string of the molecule is CN(C)[C@H](CNS(=O)(=O)c1ccc(Br)cc1)c1ccc(F)cc1F. The summed E-state index contributed by atoms with van der Waals surface area (Å²) in [6, 6.07) is 8.87. The lowest BCUT2D eigenvalue weighted by Gasteiger charge is -2.25. The maximum atomic E-state index is 14.0. The van der Waals surface area contributed by atoms with Crippen LogP contribution in [0.5, 0.6) is 0 Å². The molecule has 8 heteroatoms. The van der Waals surface area contributed by atoms with E-state index >= 15 is 0 Å². The minimum absolute atomic E-state index is 0.0477. The fraction of sp³-hybridized carbons (Fsp3) is 0.250. The monoisotopic (exact) mass is 418 g/mol. The number of halogens is 3. The molecule has 0 aliphatic heterocycles. The summed E-state index contributed by atoms with van der Waals surface area (Å²) in [5.41, 5.74) is 0.222. The summed E-state index contributed by atoms with van der Waals surface area (Å²) in [7, 11) is -0.337. The molecular formula is C16H17BrF2N2O2S. The molecule has 4 nitrogen and oxygen atoms in total. The number of hydrogen-bond acceptors (Lipinski definition) is 3. The highest BCUT2D eigenvalue weighted by Gasteiger charge is 2.22. The van der Waals surface area contributed by atoms with Crippen molar-refractivity contribution in [2.45, 2.75) is 10.9 Å². The van der Waals surface area contributed by atoms with E-state index in [1.165, 1.54) is 18.2 Å². The van der Waals surface area contributed by atoms with Crippen LogP contribution in [0.15, 0.2) is 51.8 Å². The van der Waals surface area contributed by atoms with Crippen LogP contribution in [0.25, 0.3) is 0 Å². The molecule has 130 valence electrons. The second-order valence-corrected chi connectivity index (χ2v) is 8.13. The molecule has 0 radical (unpaired) electrons. The molecule has 0 aromatic heterocycles. The van der Waals surface area contributed by atoms with Crippen molar-refractivity contribution < 1.29 is 17.2 Å². The number of benzene rings is 2. The van der Waals surface area contributed by atoms with Gasteiger partial charge in [-0.15, -0.1) is 0 Å². The summed E-state index contributed by atoms with van der Waals surface area (Å²) >= 11 is 3.24. The summed E-state index contributed by atoms with van der Waals surface area (Å²) in [5.74, 6) is -1.39. The Morgan fingerprint density at radius 3 is 2.29 bits per heavy atom. The van der Waals surface area contributed by atoms with Crippen LogP contribution in [0.1, 0.15) is 11.6 Å². The Labute approximate surface area is 148 Å². The maximum absolute atomic E-state index is 14.0. The number of likely N-dealkylation sites (N-methyl/N-ethyl adjacent to an activating group) is 1. The first kappa shape index (κ1) is 19.0. The first-order chi connectivity index (χ1) is 11.2. The van der Waals surface area contributed by atoms with E-state index in [4.69, 9.17) is 0 Å². The van der Waals surface area contributed by atoms with Gasteiger partial charge in [0.05, 0.1) is 10.9 Å². The topological polar surface area (TPSA) is 49.4 Å². The van der Waals surface area contributed by atoms with Gasteiger partial charge in [-0.1, -0.05) is 22.0 Å². The zero-order valence-electron chi connectivity index (χ0n) is 13.1. The highest BCUT2D eigenvalue weighted by atomic mass is 79.9. The summed E-state index contributed by atoms with van der Waals surface area (Å²) < 4.78 is 55.0. The average molecular weight is 419 g/mol. The van der Waals surface area contributed by atoms with Crippen molar-refractivity contribution in [3.8, 4) is 0 Å².